The van der Waals surface area contributed by atoms with E-state index in [2.05, 4.69) is 22.9 Å². The molecule has 0 bridgehead atoms. The fourth-order valence-electron chi connectivity index (χ4n) is 0.867. The average Bonchev–Trinajstić information content (AvgIpc) is 1.96. The van der Waals surface area contributed by atoms with Crippen LogP contribution in [0.4, 0.5) is 0 Å². The van der Waals surface area contributed by atoms with Gasteiger partial charge in [0.15, 0.2) is 0 Å². The molecular formula is C8H7BrCl2. The number of hydrogen-bond acceptors (Lipinski definition) is 0. The monoisotopic (exact) mass is 252 g/mol. The fraction of sp³-hybridized carbons (Fsp3) is 0.250. The Morgan fingerprint density at radius 2 is 2.00 bits per heavy atom. The Morgan fingerprint density at radius 3 is 2.55 bits per heavy atom. The molecule has 0 aliphatic carbocycles. The van der Waals surface area contributed by atoms with Crippen molar-refractivity contribution in [1.29, 1.82) is 0 Å². The van der Waals surface area contributed by atoms with Crippen LogP contribution in [0.15, 0.2) is 16.6 Å². The Labute approximate surface area is 84.6 Å². The summed E-state index contributed by atoms with van der Waals surface area (Å²) in [4.78, 5) is 0. The molecule has 0 spiro atoms. The maximum absolute atomic E-state index is 5.87. The third-order valence-corrected chi connectivity index (χ3v) is 3.13. The topological polar surface area (TPSA) is 0 Å². The Bertz CT molecular complexity index is 271. The summed E-state index contributed by atoms with van der Waals surface area (Å²) in [5.41, 5.74) is 1.14. The second kappa shape index (κ2) is 3.79. The number of halogens is 3. The van der Waals surface area contributed by atoms with Crippen molar-refractivity contribution in [3.05, 3.63) is 32.2 Å². The summed E-state index contributed by atoms with van der Waals surface area (Å²) in [5, 5.41) is 1.37. The van der Waals surface area contributed by atoms with Crippen molar-refractivity contribution in [2.45, 2.75) is 13.3 Å². The lowest BCUT2D eigenvalue weighted by Crippen LogP contribution is -1.83. The zero-order valence-electron chi connectivity index (χ0n) is 6.00. The Hall–Kier alpha value is 0.280. The minimum Gasteiger partial charge on any atom is -0.0843 e. The van der Waals surface area contributed by atoms with Gasteiger partial charge in [-0.2, -0.15) is 0 Å². The molecule has 0 nitrogen and oxygen atoms in total. The van der Waals surface area contributed by atoms with Gasteiger partial charge in [0, 0.05) is 9.50 Å². The standard InChI is InChI=1S/C8H7BrCl2/c1-2-5-3-6(10)4-7(11)8(5)9/h3-4H,2H2,1H3. The summed E-state index contributed by atoms with van der Waals surface area (Å²) in [5.74, 6) is 0. The number of benzene rings is 1. The molecule has 1 aromatic rings. The molecule has 0 atom stereocenters. The normalized spacial score (nSPS) is 10.2. The van der Waals surface area contributed by atoms with E-state index in [1.165, 1.54) is 0 Å². The Kier molecular flexibility index (Phi) is 3.23. The molecule has 0 saturated carbocycles. The molecule has 0 amide bonds. The van der Waals surface area contributed by atoms with Gasteiger partial charge in [0.25, 0.3) is 0 Å². The van der Waals surface area contributed by atoms with E-state index < -0.39 is 0 Å². The Balaban J connectivity index is 3.24. The van der Waals surface area contributed by atoms with Crippen molar-refractivity contribution < 1.29 is 0 Å². The lowest BCUT2D eigenvalue weighted by atomic mass is 10.2. The lowest BCUT2D eigenvalue weighted by molar-refractivity contribution is 1.13. The molecule has 0 unspecified atom stereocenters. The van der Waals surface area contributed by atoms with Gasteiger partial charge in [-0.05, 0) is 40.0 Å². The summed E-state index contributed by atoms with van der Waals surface area (Å²) >= 11 is 15.0. The van der Waals surface area contributed by atoms with Crippen LogP contribution in [-0.2, 0) is 6.42 Å². The van der Waals surface area contributed by atoms with Gasteiger partial charge in [-0.25, -0.2) is 0 Å². The first kappa shape index (κ1) is 9.37. The first-order chi connectivity index (χ1) is 5.15. The highest BCUT2D eigenvalue weighted by molar-refractivity contribution is 9.10. The quantitative estimate of drug-likeness (QED) is 0.654. The molecule has 3 heteroatoms. The van der Waals surface area contributed by atoms with E-state index in [0.717, 1.165) is 16.5 Å². The van der Waals surface area contributed by atoms with E-state index in [-0.39, 0.29) is 0 Å². The van der Waals surface area contributed by atoms with E-state index >= 15 is 0 Å². The predicted molar refractivity (Wildman–Crippen MR) is 53.5 cm³/mol. The minimum atomic E-state index is 0.675. The SMILES string of the molecule is CCc1cc(Cl)cc(Cl)c1Br. The van der Waals surface area contributed by atoms with Gasteiger partial charge in [-0.3, -0.25) is 0 Å². The van der Waals surface area contributed by atoms with Crippen LogP contribution in [0.2, 0.25) is 10.0 Å². The summed E-state index contributed by atoms with van der Waals surface area (Å²) < 4.78 is 0.950. The predicted octanol–water partition coefficient (Wildman–Crippen LogP) is 4.32. The zero-order valence-corrected chi connectivity index (χ0v) is 9.09. The van der Waals surface area contributed by atoms with Crippen molar-refractivity contribution in [3.63, 3.8) is 0 Å². The Morgan fingerprint density at radius 1 is 1.36 bits per heavy atom. The van der Waals surface area contributed by atoms with E-state index in [4.69, 9.17) is 23.2 Å². The first-order valence-electron chi connectivity index (χ1n) is 3.28. The molecule has 11 heavy (non-hydrogen) atoms. The molecule has 0 heterocycles. The molecule has 0 fully saturated rings. The summed E-state index contributed by atoms with van der Waals surface area (Å²) in [6.45, 7) is 2.06. The second-order valence-electron chi connectivity index (χ2n) is 2.21. The van der Waals surface area contributed by atoms with Gasteiger partial charge in [-0.15, -0.1) is 0 Å². The number of hydrogen-bond donors (Lipinski definition) is 0. The van der Waals surface area contributed by atoms with E-state index in [1.54, 1.807) is 6.07 Å². The van der Waals surface area contributed by atoms with Gasteiger partial charge in [0.1, 0.15) is 0 Å². The van der Waals surface area contributed by atoms with Crippen molar-refractivity contribution in [1.82, 2.24) is 0 Å². The van der Waals surface area contributed by atoms with Gasteiger partial charge < -0.3 is 0 Å². The zero-order chi connectivity index (χ0) is 8.43. The van der Waals surface area contributed by atoms with Crippen LogP contribution in [0, 0.1) is 0 Å². The van der Waals surface area contributed by atoms with Crippen LogP contribution >= 0.6 is 39.1 Å². The smallest absolute Gasteiger partial charge is 0.0565 e. The van der Waals surface area contributed by atoms with E-state index in [9.17, 15) is 0 Å². The van der Waals surface area contributed by atoms with Gasteiger partial charge >= 0.3 is 0 Å². The number of aryl methyl sites for hydroxylation is 1. The molecule has 0 aromatic heterocycles. The van der Waals surface area contributed by atoms with Crippen molar-refractivity contribution >= 4 is 39.1 Å². The third-order valence-electron chi connectivity index (χ3n) is 1.45. The van der Waals surface area contributed by atoms with Crippen molar-refractivity contribution in [2.75, 3.05) is 0 Å². The molecule has 0 aliphatic heterocycles. The maximum Gasteiger partial charge on any atom is 0.0565 e. The second-order valence-corrected chi connectivity index (χ2v) is 3.85. The third kappa shape index (κ3) is 2.11. The molecule has 1 aromatic carbocycles. The summed E-state index contributed by atoms with van der Waals surface area (Å²) in [6, 6.07) is 3.64. The van der Waals surface area contributed by atoms with Crippen LogP contribution in [0.3, 0.4) is 0 Å². The van der Waals surface area contributed by atoms with Gasteiger partial charge in [0.05, 0.1) is 5.02 Å². The molecular weight excluding hydrogens is 247 g/mol. The van der Waals surface area contributed by atoms with Crippen LogP contribution in [0.5, 0.6) is 0 Å². The van der Waals surface area contributed by atoms with Crippen LogP contribution in [-0.4, -0.2) is 0 Å². The molecule has 1 rings (SSSR count). The van der Waals surface area contributed by atoms with Crippen molar-refractivity contribution in [3.8, 4) is 0 Å². The van der Waals surface area contributed by atoms with Crippen LogP contribution < -0.4 is 0 Å². The highest BCUT2D eigenvalue weighted by atomic mass is 79.9. The largest absolute Gasteiger partial charge is 0.0843 e. The van der Waals surface area contributed by atoms with E-state index in [1.807, 2.05) is 6.07 Å². The van der Waals surface area contributed by atoms with E-state index in [0.29, 0.717) is 10.0 Å². The van der Waals surface area contributed by atoms with Crippen LogP contribution in [0.25, 0.3) is 0 Å². The van der Waals surface area contributed by atoms with Gasteiger partial charge in [-0.1, -0.05) is 30.1 Å². The molecule has 0 saturated heterocycles. The van der Waals surface area contributed by atoms with Crippen molar-refractivity contribution in [2.24, 2.45) is 0 Å². The maximum atomic E-state index is 5.87. The first-order valence-corrected chi connectivity index (χ1v) is 4.83. The number of rotatable bonds is 1. The summed E-state index contributed by atoms with van der Waals surface area (Å²) in [6.07, 6.45) is 0.931. The summed E-state index contributed by atoms with van der Waals surface area (Å²) in [7, 11) is 0. The fourth-order valence-corrected chi connectivity index (χ4v) is 1.91. The highest BCUT2D eigenvalue weighted by Gasteiger charge is 2.03. The molecule has 0 N–H and O–H groups in total. The lowest BCUT2D eigenvalue weighted by Gasteiger charge is -2.03. The van der Waals surface area contributed by atoms with Gasteiger partial charge in [0.2, 0.25) is 0 Å². The molecule has 0 radical (unpaired) electrons. The van der Waals surface area contributed by atoms with Crippen LogP contribution in [0.1, 0.15) is 12.5 Å². The molecule has 0 aliphatic rings. The highest BCUT2D eigenvalue weighted by Crippen LogP contribution is 2.30. The molecule has 60 valence electrons. The average molecular weight is 254 g/mol. The minimum absolute atomic E-state index is 0.675.